The molecule has 56 heavy (non-hydrogen) atoms. The second kappa shape index (κ2) is 42.4. The van der Waals surface area contributed by atoms with Gasteiger partial charge in [-0.05, 0) is 51.4 Å². The van der Waals surface area contributed by atoms with Crippen molar-refractivity contribution >= 4 is 19.8 Å². The summed E-state index contributed by atoms with van der Waals surface area (Å²) in [5, 5.41) is 0. The quantitative estimate of drug-likeness (QED) is 0.0271. The van der Waals surface area contributed by atoms with E-state index in [1.165, 1.54) is 116 Å². The molecule has 0 rings (SSSR count). The van der Waals surface area contributed by atoms with Crippen molar-refractivity contribution in [3.8, 4) is 0 Å². The molecule has 0 saturated carbocycles. The first-order valence-corrected chi connectivity index (χ1v) is 24.1. The van der Waals surface area contributed by atoms with Gasteiger partial charge in [-0.15, -0.1) is 0 Å². The fourth-order valence-corrected chi connectivity index (χ4v) is 6.59. The molecule has 8 nitrogen and oxygen atoms in total. The van der Waals surface area contributed by atoms with Crippen molar-refractivity contribution in [2.45, 2.75) is 213 Å². The van der Waals surface area contributed by atoms with Crippen molar-refractivity contribution in [3.05, 3.63) is 60.8 Å². The van der Waals surface area contributed by atoms with Crippen LogP contribution in [0.2, 0.25) is 0 Å². The highest BCUT2D eigenvalue weighted by atomic mass is 31.2. The zero-order valence-corrected chi connectivity index (χ0v) is 36.7. The molecule has 0 aliphatic heterocycles. The van der Waals surface area contributed by atoms with E-state index in [9.17, 15) is 14.2 Å². The van der Waals surface area contributed by atoms with Crippen molar-refractivity contribution < 1.29 is 37.9 Å². The summed E-state index contributed by atoms with van der Waals surface area (Å²) in [4.78, 5) is 42.9. The molecule has 1 atom stereocenters. The second-order valence-corrected chi connectivity index (χ2v) is 16.2. The first-order chi connectivity index (χ1) is 27.3. The molecule has 1 unspecified atom stereocenters. The lowest BCUT2D eigenvalue weighted by Crippen LogP contribution is -2.29. The Labute approximate surface area is 343 Å². The number of phosphoric ester groups is 1. The second-order valence-electron chi connectivity index (χ2n) is 15.0. The summed E-state index contributed by atoms with van der Waals surface area (Å²) >= 11 is 0. The van der Waals surface area contributed by atoms with E-state index in [2.05, 4.69) is 73.1 Å². The van der Waals surface area contributed by atoms with Gasteiger partial charge in [0.25, 0.3) is 0 Å². The van der Waals surface area contributed by atoms with E-state index in [0.29, 0.717) is 12.8 Å². The van der Waals surface area contributed by atoms with E-state index in [0.717, 1.165) is 51.4 Å². The minimum absolute atomic E-state index is 0.133. The molecule has 0 spiro atoms. The van der Waals surface area contributed by atoms with Gasteiger partial charge in [0.2, 0.25) is 0 Å². The first kappa shape index (κ1) is 53.8. The van der Waals surface area contributed by atoms with Crippen LogP contribution in [0.3, 0.4) is 0 Å². The number of hydrogen-bond donors (Lipinski definition) is 2. The smallest absolute Gasteiger partial charge is 0.462 e. The van der Waals surface area contributed by atoms with Crippen LogP contribution in [-0.2, 0) is 28.2 Å². The van der Waals surface area contributed by atoms with Gasteiger partial charge in [-0.3, -0.25) is 14.1 Å². The van der Waals surface area contributed by atoms with Gasteiger partial charge in [0, 0.05) is 12.8 Å². The maximum atomic E-state index is 12.4. The fraction of sp³-hybridized carbons (Fsp3) is 0.745. The summed E-state index contributed by atoms with van der Waals surface area (Å²) in [5.74, 6) is -0.949. The Morgan fingerprint density at radius 1 is 0.482 bits per heavy atom. The Morgan fingerprint density at radius 3 is 1.27 bits per heavy atom. The third-order valence-corrected chi connectivity index (χ3v) is 10.0. The van der Waals surface area contributed by atoms with Crippen molar-refractivity contribution in [1.82, 2.24) is 0 Å². The molecule has 0 aromatic rings. The molecule has 0 aromatic carbocycles. The minimum Gasteiger partial charge on any atom is -0.462 e. The lowest BCUT2D eigenvalue weighted by molar-refractivity contribution is -0.161. The number of esters is 2. The van der Waals surface area contributed by atoms with Gasteiger partial charge < -0.3 is 19.3 Å². The molecule has 9 heteroatoms. The molecule has 0 heterocycles. The molecule has 0 aliphatic carbocycles. The lowest BCUT2D eigenvalue weighted by Gasteiger charge is -2.18. The molecule has 0 aromatic heterocycles. The molecule has 0 radical (unpaired) electrons. The highest BCUT2D eigenvalue weighted by Gasteiger charge is 2.22. The number of carbonyl (C=O) groups excluding carboxylic acids is 2. The SMILES string of the molecule is CC/C=C\C/C=C\C/C=C\C/C=C\C/C=C\CCCC(=O)OC(COC(=O)CCCCCCCCCCCCCCCCCCCCCCC)COP(=O)(O)O. The van der Waals surface area contributed by atoms with Crippen LogP contribution in [0.25, 0.3) is 0 Å². The van der Waals surface area contributed by atoms with Crippen molar-refractivity contribution in [2.24, 2.45) is 0 Å². The summed E-state index contributed by atoms with van der Waals surface area (Å²) in [7, 11) is -4.77. The number of carbonyl (C=O) groups is 2. The average molecular weight is 807 g/mol. The Bertz CT molecular complexity index is 1090. The lowest BCUT2D eigenvalue weighted by atomic mass is 10.0. The standard InChI is InChI=1S/C47H83O8P/c1-3-5-7-9-11-13-15-17-19-21-22-23-24-26-27-29-31-33-35-37-39-41-46(48)53-43-45(44-54-56(50,51)52)55-47(49)42-40-38-36-34-32-30-28-25-20-18-16-14-12-10-8-6-4-2/h6,8,12,14,18,20,28,30,34,36,45H,3-5,7,9-11,13,15-17,19,21-27,29,31-33,35,37-44H2,1-2H3,(H2,50,51,52)/b8-6-,14-12-,20-18-,30-28-,36-34-. The number of rotatable bonds is 41. The Balaban J connectivity index is 3.93. The first-order valence-electron chi connectivity index (χ1n) is 22.6. The Hall–Kier alpha value is -2.25. The molecular weight excluding hydrogens is 723 g/mol. The molecule has 324 valence electrons. The molecule has 0 aliphatic rings. The Morgan fingerprint density at radius 2 is 0.857 bits per heavy atom. The monoisotopic (exact) mass is 807 g/mol. The van der Waals surface area contributed by atoms with E-state index in [-0.39, 0.29) is 19.4 Å². The highest BCUT2D eigenvalue weighted by molar-refractivity contribution is 7.46. The molecule has 0 fully saturated rings. The summed E-state index contributed by atoms with van der Waals surface area (Å²) in [6.45, 7) is 3.54. The van der Waals surface area contributed by atoms with Crippen LogP contribution in [0, 0.1) is 0 Å². The minimum atomic E-state index is -4.77. The third-order valence-electron chi connectivity index (χ3n) is 9.55. The molecule has 0 amide bonds. The maximum Gasteiger partial charge on any atom is 0.469 e. The number of phosphoric acid groups is 1. The van der Waals surface area contributed by atoms with Gasteiger partial charge in [-0.2, -0.15) is 0 Å². The van der Waals surface area contributed by atoms with Gasteiger partial charge in [0.1, 0.15) is 6.61 Å². The van der Waals surface area contributed by atoms with Crippen LogP contribution < -0.4 is 0 Å². The van der Waals surface area contributed by atoms with E-state index in [4.69, 9.17) is 19.3 Å². The van der Waals surface area contributed by atoms with Crippen molar-refractivity contribution in [3.63, 3.8) is 0 Å². The van der Waals surface area contributed by atoms with E-state index < -0.39 is 32.5 Å². The summed E-state index contributed by atoms with van der Waals surface area (Å²) in [6.07, 6.45) is 53.9. The van der Waals surface area contributed by atoms with Crippen LogP contribution in [0.5, 0.6) is 0 Å². The van der Waals surface area contributed by atoms with Crippen LogP contribution in [0.1, 0.15) is 206 Å². The number of unbranched alkanes of at least 4 members (excludes halogenated alkanes) is 21. The Kier molecular flexibility index (Phi) is 40.7. The number of allylic oxidation sites excluding steroid dienone is 10. The average Bonchev–Trinajstić information content (AvgIpc) is 3.17. The molecular formula is C47H83O8P. The van der Waals surface area contributed by atoms with Gasteiger partial charge in [-0.25, -0.2) is 4.57 Å². The molecule has 0 saturated heterocycles. The highest BCUT2D eigenvalue weighted by Crippen LogP contribution is 2.36. The zero-order valence-electron chi connectivity index (χ0n) is 35.8. The van der Waals surface area contributed by atoms with E-state index in [1.54, 1.807) is 0 Å². The van der Waals surface area contributed by atoms with Gasteiger partial charge in [0.15, 0.2) is 6.10 Å². The van der Waals surface area contributed by atoms with Crippen LogP contribution in [0.4, 0.5) is 0 Å². The normalized spacial score (nSPS) is 13.0. The number of ether oxygens (including phenoxy) is 2. The van der Waals surface area contributed by atoms with E-state index in [1.807, 2.05) is 6.08 Å². The summed E-state index contributed by atoms with van der Waals surface area (Å²) in [6, 6.07) is 0. The predicted molar refractivity (Wildman–Crippen MR) is 234 cm³/mol. The zero-order chi connectivity index (χ0) is 41.1. The predicted octanol–water partition coefficient (Wildman–Crippen LogP) is 14.1. The third kappa shape index (κ3) is 44.5. The van der Waals surface area contributed by atoms with Crippen molar-refractivity contribution in [1.29, 1.82) is 0 Å². The topological polar surface area (TPSA) is 119 Å². The van der Waals surface area contributed by atoms with Crippen LogP contribution in [-0.4, -0.2) is 41.0 Å². The summed E-state index contributed by atoms with van der Waals surface area (Å²) < 4.78 is 26.4. The van der Waals surface area contributed by atoms with Crippen LogP contribution >= 0.6 is 7.82 Å². The summed E-state index contributed by atoms with van der Waals surface area (Å²) in [5.41, 5.74) is 0. The van der Waals surface area contributed by atoms with Gasteiger partial charge in [-0.1, -0.05) is 203 Å². The fourth-order valence-electron chi connectivity index (χ4n) is 6.23. The van der Waals surface area contributed by atoms with E-state index >= 15 is 0 Å². The van der Waals surface area contributed by atoms with Crippen LogP contribution in [0.15, 0.2) is 60.8 Å². The van der Waals surface area contributed by atoms with Gasteiger partial charge >= 0.3 is 19.8 Å². The molecule has 0 bridgehead atoms. The number of hydrogen-bond acceptors (Lipinski definition) is 6. The van der Waals surface area contributed by atoms with Gasteiger partial charge in [0.05, 0.1) is 6.61 Å². The van der Waals surface area contributed by atoms with Crippen molar-refractivity contribution in [2.75, 3.05) is 13.2 Å². The largest absolute Gasteiger partial charge is 0.469 e. The maximum absolute atomic E-state index is 12.4. The molecule has 2 N–H and O–H groups in total.